The summed E-state index contributed by atoms with van der Waals surface area (Å²) >= 11 is 9.40. The molecular formula is C14H12BrClFNO. The predicted molar refractivity (Wildman–Crippen MR) is 79.4 cm³/mol. The summed E-state index contributed by atoms with van der Waals surface area (Å²) in [7, 11) is 1.60. The third-order valence-electron chi connectivity index (χ3n) is 2.69. The van der Waals surface area contributed by atoms with Crippen LogP contribution in [0.3, 0.4) is 0 Å². The maximum atomic E-state index is 13.6. The van der Waals surface area contributed by atoms with Gasteiger partial charge in [0.15, 0.2) is 0 Å². The number of hydrogen-bond donors (Lipinski definition) is 1. The predicted octanol–water partition coefficient (Wildman–Crippen LogP) is 4.86. The first-order valence-corrected chi connectivity index (χ1v) is 6.79. The van der Waals surface area contributed by atoms with Crippen molar-refractivity contribution in [3.05, 3.63) is 57.3 Å². The Bertz CT molecular complexity index is 571. The summed E-state index contributed by atoms with van der Waals surface area (Å²) in [4.78, 5) is 0. The van der Waals surface area contributed by atoms with Gasteiger partial charge in [-0.25, -0.2) is 4.39 Å². The van der Waals surface area contributed by atoms with Crippen molar-refractivity contribution in [3.8, 4) is 5.75 Å². The molecule has 2 nitrogen and oxygen atoms in total. The van der Waals surface area contributed by atoms with Crippen LogP contribution in [0.15, 0.2) is 40.9 Å². The second-order valence-corrected chi connectivity index (χ2v) is 5.16. The van der Waals surface area contributed by atoms with E-state index >= 15 is 0 Å². The van der Waals surface area contributed by atoms with Crippen LogP contribution in [0, 0.1) is 5.82 Å². The Hall–Kier alpha value is -1.26. The van der Waals surface area contributed by atoms with E-state index in [-0.39, 0.29) is 5.82 Å². The number of halogens is 3. The minimum absolute atomic E-state index is 0.303. The van der Waals surface area contributed by atoms with Crippen LogP contribution in [-0.2, 0) is 6.54 Å². The van der Waals surface area contributed by atoms with Crippen molar-refractivity contribution in [2.24, 2.45) is 0 Å². The SMILES string of the molecule is COc1ccc(Br)c(NCc2c(F)cccc2Cl)c1. The minimum atomic E-state index is -0.320. The summed E-state index contributed by atoms with van der Waals surface area (Å²) < 4.78 is 19.7. The molecule has 2 aromatic rings. The molecule has 0 heterocycles. The van der Waals surface area contributed by atoms with Gasteiger partial charge in [0, 0.05) is 27.7 Å². The molecule has 0 amide bonds. The van der Waals surface area contributed by atoms with Crippen molar-refractivity contribution >= 4 is 33.2 Å². The molecule has 5 heteroatoms. The number of nitrogens with one attached hydrogen (secondary N) is 1. The van der Waals surface area contributed by atoms with Crippen LogP contribution < -0.4 is 10.1 Å². The Morgan fingerprint density at radius 1 is 1.32 bits per heavy atom. The molecule has 2 aromatic carbocycles. The third-order valence-corrected chi connectivity index (χ3v) is 3.74. The van der Waals surface area contributed by atoms with Crippen molar-refractivity contribution < 1.29 is 9.13 Å². The fourth-order valence-corrected chi connectivity index (χ4v) is 2.27. The van der Waals surface area contributed by atoms with Gasteiger partial charge in [0.25, 0.3) is 0 Å². The summed E-state index contributed by atoms with van der Waals surface area (Å²) in [6.07, 6.45) is 0. The first-order valence-electron chi connectivity index (χ1n) is 5.62. The molecule has 0 bridgehead atoms. The minimum Gasteiger partial charge on any atom is -0.497 e. The van der Waals surface area contributed by atoms with Gasteiger partial charge in [-0.1, -0.05) is 17.7 Å². The lowest BCUT2D eigenvalue weighted by molar-refractivity contribution is 0.415. The summed E-state index contributed by atoms with van der Waals surface area (Å²) in [6, 6.07) is 10.2. The van der Waals surface area contributed by atoms with Gasteiger partial charge in [-0.15, -0.1) is 0 Å². The molecule has 0 spiro atoms. The van der Waals surface area contributed by atoms with E-state index < -0.39 is 0 Å². The van der Waals surface area contributed by atoms with E-state index in [0.717, 1.165) is 15.9 Å². The van der Waals surface area contributed by atoms with E-state index in [1.165, 1.54) is 6.07 Å². The number of methoxy groups -OCH3 is 1. The number of ether oxygens (including phenoxy) is 1. The summed E-state index contributed by atoms with van der Waals surface area (Å²) in [5, 5.41) is 3.54. The molecule has 0 aliphatic heterocycles. The van der Waals surface area contributed by atoms with Gasteiger partial charge in [-0.2, -0.15) is 0 Å². The number of anilines is 1. The highest BCUT2D eigenvalue weighted by atomic mass is 79.9. The van der Waals surface area contributed by atoms with Crippen molar-refractivity contribution in [1.29, 1.82) is 0 Å². The van der Waals surface area contributed by atoms with E-state index in [1.807, 2.05) is 18.2 Å². The van der Waals surface area contributed by atoms with Gasteiger partial charge >= 0.3 is 0 Å². The van der Waals surface area contributed by atoms with E-state index in [4.69, 9.17) is 16.3 Å². The number of rotatable bonds is 4. The monoisotopic (exact) mass is 343 g/mol. The molecule has 0 unspecified atom stereocenters. The number of benzene rings is 2. The summed E-state index contributed by atoms with van der Waals surface area (Å²) in [5.41, 5.74) is 1.26. The normalized spacial score (nSPS) is 10.3. The fourth-order valence-electron chi connectivity index (χ4n) is 1.65. The van der Waals surface area contributed by atoms with Crippen LogP contribution in [-0.4, -0.2) is 7.11 Å². The van der Waals surface area contributed by atoms with Crippen molar-refractivity contribution in [2.75, 3.05) is 12.4 Å². The molecule has 0 atom stereocenters. The van der Waals surface area contributed by atoms with Crippen LogP contribution in [0.5, 0.6) is 5.75 Å². The molecule has 19 heavy (non-hydrogen) atoms. The maximum Gasteiger partial charge on any atom is 0.129 e. The summed E-state index contributed by atoms with van der Waals surface area (Å²) in [6.45, 7) is 0.303. The van der Waals surface area contributed by atoms with Crippen LogP contribution in [0.25, 0.3) is 0 Å². The second kappa shape index (κ2) is 6.26. The Morgan fingerprint density at radius 2 is 2.11 bits per heavy atom. The number of hydrogen-bond acceptors (Lipinski definition) is 2. The first kappa shape index (κ1) is 14.2. The molecule has 0 aliphatic rings. The van der Waals surface area contributed by atoms with Crippen molar-refractivity contribution in [1.82, 2.24) is 0 Å². The molecule has 0 radical (unpaired) electrons. The highest BCUT2D eigenvalue weighted by molar-refractivity contribution is 9.10. The second-order valence-electron chi connectivity index (χ2n) is 3.90. The van der Waals surface area contributed by atoms with E-state index in [9.17, 15) is 4.39 Å². The highest BCUT2D eigenvalue weighted by Gasteiger charge is 2.08. The van der Waals surface area contributed by atoms with Crippen molar-refractivity contribution in [3.63, 3.8) is 0 Å². The average Bonchev–Trinajstić information content (AvgIpc) is 2.40. The topological polar surface area (TPSA) is 21.3 Å². The Morgan fingerprint density at radius 3 is 2.79 bits per heavy atom. The Labute approximate surface area is 124 Å². The molecular weight excluding hydrogens is 333 g/mol. The van der Waals surface area contributed by atoms with Crippen LogP contribution in [0.1, 0.15) is 5.56 Å². The zero-order valence-electron chi connectivity index (χ0n) is 10.2. The van der Waals surface area contributed by atoms with Gasteiger partial charge in [0.05, 0.1) is 12.8 Å². The maximum absolute atomic E-state index is 13.6. The molecule has 2 rings (SSSR count). The van der Waals surface area contributed by atoms with Gasteiger partial charge in [0.2, 0.25) is 0 Å². The third kappa shape index (κ3) is 3.39. The zero-order valence-corrected chi connectivity index (χ0v) is 12.6. The first-order chi connectivity index (χ1) is 9.11. The average molecular weight is 345 g/mol. The fraction of sp³-hybridized carbons (Fsp3) is 0.143. The zero-order chi connectivity index (χ0) is 13.8. The Kier molecular flexibility index (Phi) is 4.66. The van der Waals surface area contributed by atoms with E-state index in [1.54, 1.807) is 19.2 Å². The summed E-state index contributed by atoms with van der Waals surface area (Å²) in [5.74, 6) is 0.407. The standard InChI is InChI=1S/C14H12BrClFNO/c1-19-9-5-6-11(15)14(7-9)18-8-10-12(16)3-2-4-13(10)17/h2-7,18H,8H2,1H3. The molecule has 0 fully saturated rings. The van der Waals surface area contributed by atoms with Crippen LogP contribution >= 0.6 is 27.5 Å². The van der Waals surface area contributed by atoms with E-state index in [2.05, 4.69) is 21.2 Å². The molecule has 0 saturated heterocycles. The van der Waals surface area contributed by atoms with Crippen molar-refractivity contribution in [2.45, 2.75) is 6.54 Å². The molecule has 100 valence electrons. The molecule has 1 N–H and O–H groups in total. The lowest BCUT2D eigenvalue weighted by atomic mass is 10.2. The van der Waals surface area contributed by atoms with Crippen LogP contribution in [0.2, 0.25) is 5.02 Å². The Balaban J connectivity index is 2.19. The van der Waals surface area contributed by atoms with E-state index in [0.29, 0.717) is 17.1 Å². The highest BCUT2D eigenvalue weighted by Crippen LogP contribution is 2.28. The molecule has 0 aromatic heterocycles. The quantitative estimate of drug-likeness (QED) is 0.855. The van der Waals surface area contributed by atoms with Gasteiger partial charge < -0.3 is 10.1 Å². The van der Waals surface area contributed by atoms with Gasteiger partial charge in [0.1, 0.15) is 11.6 Å². The largest absolute Gasteiger partial charge is 0.497 e. The molecule has 0 saturated carbocycles. The van der Waals surface area contributed by atoms with Gasteiger partial charge in [-0.3, -0.25) is 0 Å². The lowest BCUT2D eigenvalue weighted by Gasteiger charge is -2.12. The van der Waals surface area contributed by atoms with Gasteiger partial charge in [-0.05, 0) is 40.2 Å². The van der Waals surface area contributed by atoms with Crippen LogP contribution in [0.4, 0.5) is 10.1 Å². The lowest BCUT2D eigenvalue weighted by Crippen LogP contribution is -2.03. The molecule has 0 aliphatic carbocycles. The smallest absolute Gasteiger partial charge is 0.129 e.